The van der Waals surface area contributed by atoms with Gasteiger partial charge >= 0.3 is 0 Å². The van der Waals surface area contributed by atoms with E-state index in [1.165, 1.54) is 56.9 Å². The molecular formula is C25H29Cl. The van der Waals surface area contributed by atoms with Crippen LogP contribution in [0.3, 0.4) is 0 Å². The Kier molecular flexibility index (Phi) is 5.50. The molecule has 0 spiro atoms. The maximum absolute atomic E-state index is 6.06. The maximum Gasteiger partial charge on any atom is 0.0406 e. The molecule has 0 radical (unpaired) electrons. The lowest BCUT2D eigenvalue weighted by Crippen LogP contribution is -2.20. The van der Waals surface area contributed by atoms with Gasteiger partial charge < -0.3 is 0 Å². The molecule has 0 fully saturated rings. The van der Waals surface area contributed by atoms with Crippen LogP contribution >= 0.6 is 11.6 Å². The standard InChI is InChI=1S/C25H29Cl/c1-2-3-4-5-18-6-14-24-21(16-18)7-8-22-17-20(11-15-25(22)24)19-9-12-23(26)13-10-19/h4-5,7-10,12-13,18,20H,2-3,6,11,14-17H2,1H3/b5-4+. The monoisotopic (exact) mass is 364 g/mol. The normalized spacial score (nSPS) is 22.2. The summed E-state index contributed by atoms with van der Waals surface area (Å²) in [5.41, 5.74) is 8.03. The summed E-state index contributed by atoms with van der Waals surface area (Å²) in [5, 5.41) is 0.835. The van der Waals surface area contributed by atoms with Crippen LogP contribution in [0.15, 0.2) is 48.6 Å². The first-order valence-corrected chi connectivity index (χ1v) is 10.7. The summed E-state index contributed by atoms with van der Waals surface area (Å²) in [4.78, 5) is 0. The molecule has 2 atom stereocenters. The second-order valence-corrected chi connectivity index (χ2v) is 8.49. The van der Waals surface area contributed by atoms with E-state index in [-0.39, 0.29) is 0 Å². The third-order valence-electron chi connectivity index (χ3n) is 6.29. The van der Waals surface area contributed by atoms with E-state index in [0.29, 0.717) is 5.92 Å². The zero-order chi connectivity index (χ0) is 17.9. The Hall–Kier alpha value is -1.53. The summed E-state index contributed by atoms with van der Waals surface area (Å²) in [7, 11) is 0. The van der Waals surface area contributed by atoms with E-state index in [2.05, 4.69) is 43.3 Å². The largest absolute Gasteiger partial charge is 0.0883 e. The third kappa shape index (κ3) is 3.76. The molecular weight excluding hydrogens is 336 g/mol. The summed E-state index contributed by atoms with van der Waals surface area (Å²) in [6, 6.07) is 13.3. The molecule has 2 aliphatic rings. The zero-order valence-electron chi connectivity index (χ0n) is 15.8. The van der Waals surface area contributed by atoms with Crippen molar-refractivity contribution in [3.05, 3.63) is 81.4 Å². The SMILES string of the molecule is CCC/C=C/C1CCc2c(ccc3c2CCC(c2ccc(Cl)cc2)C3)C1. The summed E-state index contributed by atoms with van der Waals surface area (Å²) in [6.07, 6.45) is 14.9. The molecule has 0 amide bonds. The van der Waals surface area contributed by atoms with Crippen LogP contribution in [0.5, 0.6) is 0 Å². The van der Waals surface area contributed by atoms with Crippen molar-refractivity contribution in [2.75, 3.05) is 0 Å². The Labute approximate surface area is 163 Å². The highest BCUT2D eigenvalue weighted by Crippen LogP contribution is 2.38. The Bertz CT molecular complexity index is 785. The average molecular weight is 365 g/mol. The van der Waals surface area contributed by atoms with E-state index in [1.54, 1.807) is 22.3 Å². The topological polar surface area (TPSA) is 0 Å². The van der Waals surface area contributed by atoms with Crippen LogP contribution in [0.2, 0.25) is 5.02 Å². The summed E-state index contributed by atoms with van der Waals surface area (Å²) >= 11 is 6.06. The van der Waals surface area contributed by atoms with Crippen molar-refractivity contribution < 1.29 is 0 Å². The molecule has 0 bridgehead atoms. The number of unbranched alkanes of at least 4 members (excludes halogenated alkanes) is 1. The summed E-state index contributed by atoms with van der Waals surface area (Å²) in [5.74, 6) is 1.39. The molecule has 0 heterocycles. The Morgan fingerprint density at radius 2 is 1.62 bits per heavy atom. The summed E-state index contributed by atoms with van der Waals surface area (Å²) in [6.45, 7) is 2.25. The highest BCUT2D eigenvalue weighted by molar-refractivity contribution is 6.30. The minimum absolute atomic E-state index is 0.645. The van der Waals surface area contributed by atoms with E-state index >= 15 is 0 Å². The van der Waals surface area contributed by atoms with Gasteiger partial charge in [-0.05, 0) is 96.7 Å². The second kappa shape index (κ2) is 8.01. The highest BCUT2D eigenvalue weighted by atomic mass is 35.5. The second-order valence-electron chi connectivity index (χ2n) is 8.05. The van der Waals surface area contributed by atoms with Crippen molar-refractivity contribution in [1.29, 1.82) is 0 Å². The van der Waals surface area contributed by atoms with Crippen LogP contribution in [0.4, 0.5) is 0 Å². The van der Waals surface area contributed by atoms with E-state index in [1.807, 2.05) is 12.1 Å². The lowest BCUT2D eigenvalue weighted by Gasteiger charge is -2.31. The van der Waals surface area contributed by atoms with Crippen LogP contribution in [0.1, 0.15) is 66.3 Å². The fourth-order valence-electron chi connectivity index (χ4n) is 4.83. The fourth-order valence-corrected chi connectivity index (χ4v) is 4.96. The smallest absolute Gasteiger partial charge is 0.0406 e. The molecule has 0 aliphatic heterocycles. The van der Waals surface area contributed by atoms with Gasteiger partial charge in [0.1, 0.15) is 0 Å². The molecule has 2 aliphatic carbocycles. The molecule has 0 aromatic heterocycles. The van der Waals surface area contributed by atoms with Gasteiger partial charge in [0, 0.05) is 5.02 Å². The predicted octanol–water partition coefficient (Wildman–Crippen LogP) is 7.07. The molecule has 2 aromatic rings. The first-order chi connectivity index (χ1) is 12.7. The van der Waals surface area contributed by atoms with Gasteiger partial charge in [-0.3, -0.25) is 0 Å². The highest BCUT2D eigenvalue weighted by Gasteiger charge is 2.26. The van der Waals surface area contributed by atoms with Gasteiger partial charge in [-0.15, -0.1) is 0 Å². The van der Waals surface area contributed by atoms with Crippen LogP contribution in [0, 0.1) is 5.92 Å². The van der Waals surface area contributed by atoms with E-state index in [4.69, 9.17) is 11.6 Å². The number of benzene rings is 2. The number of halogens is 1. The molecule has 0 nitrogen and oxygen atoms in total. The molecule has 2 aromatic carbocycles. The van der Waals surface area contributed by atoms with Crippen molar-refractivity contribution in [2.24, 2.45) is 5.92 Å². The fraction of sp³-hybridized carbons (Fsp3) is 0.440. The number of hydrogen-bond acceptors (Lipinski definition) is 0. The Balaban J connectivity index is 1.51. The molecule has 0 saturated carbocycles. The van der Waals surface area contributed by atoms with E-state index in [0.717, 1.165) is 10.9 Å². The predicted molar refractivity (Wildman–Crippen MR) is 112 cm³/mol. The van der Waals surface area contributed by atoms with E-state index < -0.39 is 0 Å². The first kappa shape index (κ1) is 17.9. The first-order valence-electron chi connectivity index (χ1n) is 10.3. The van der Waals surface area contributed by atoms with Crippen LogP contribution < -0.4 is 0 Å². The van der Waals surface area contributed by atoms with Crippen LogP contribution in [-0.4, -0.2) is 0 Å². The van der Waals surface area contributed by atoms with Gasteiger partial charge in [0.25, 0.3) is 0 Å². The minimum atomic E-state index is 0.645. The summed E-state index contributed by atoms with van der Waals surface area (Å²) < 4.78 is 0. The molecule has 136 valence electrons. The molecule has 2 unspecified atom stereocenters. The number of rotatable bonds is 4. The molecule has 0 saturated heterocycles. The zero-order valence-corrected chi connectivity index (χ0v) is 16.6. The van der Waals surface area contributed by atoms with Gasteiger partial charge in [0.15, 0.2) is 0 Å². The van der Waals surface area contributed by atoms with Gasteiger partial charge in [0.2, 0.25) is 0 Å². The minimum Gasteiger partial charge on any atom is -0.0883 e. The van der Waals surface area contributed by atoms with Crippen molar-refractivity contribution in [3.8, 4) is 0 Å². The molecule has 0 N–H and O–H groups in total. The lowest BCUT2D eigenvalue weighted by atomic mass is 9.74. The van der Waals surface area contributed by atoms with Crippen molar-refractivity contribution in [2.45, 2.75) is 64.2 Å². The van der Waals surface area contributed by atoms with Gasteiger partial charge in [-0.2, -0.15) is 0 Å². The van der Waals surface area contributed by atoms with Gasteiger partial charge in [-0.25, -0.2) is 0 Å². The Morgan fingerprint density at radius 3 is 2.35 bits per heavy atom. The molecule has 26 heavy (non-hydrogen) atoms. The number of allylic oxidation sites excluding steroid dienone is 2. The van der Waals surface area contributed by atoms with Gasteiger partial charge in [-0.1, -0.05) is 61.4 Å². The number of fused-ring (bicyclic) bond motifs is 3. The Morgan fingerprint density at radius 1 is 0.923 bits per heavy atom. The molecule has 1 heteroatoms. The quantitative estimate of drug-likeness (QED) is 0.508. The maximum atomic E-state index is 6.06. The van der Waals surface area contributed by atoms with Crippen LogP contribution in [-0.2, 0) is 25.7 Å². The lowest BCUT2D eigenvalue weighted by molar-refractivity contribution is 0.533. The van der Waals surface area contributed by atoms with Crippen molar-refractivity contribution in [1.82, 2.24) is 0 Å². The third-order valence-corrected chi connectivity index (χ3v) is 6.54. The average Bonchev–Trinajstić information content (AvgIpc) is 2.68. The van der Waals surface area contributed by atoms with Crippen molar-refractivity contribution >= 4 is 11.6 Å². The van der Waals surface area contributed by atoms with Crippen molar-refractivity contribution in [3.63, 3.8) is 0 Å². The number of hydrogen-bond donors (Lipinski definition) is 0. The van der Waals surface area contributed by atoms with Gasteiger partial charge in [0.05, 0.1) is 0 Å². The molecule has 4 rings (SSSR count). The van der Waals surface area contributed by atoms with E-state index in [9.17, 15) is 0 Å². The van der Waals surface area contributed by atoms with Crippen LogP contribution in [0.25, 0.3) is 0 Å².